The van der Waals surface area contributed by atoms with Crippen LogP contribution >= 0.6 is 24.0 Å². The fourth-order valence-electron chi connectivity index (χ4n) is 2.85. The van der Waals surface area contributed by atoms with Crippen LogP contribution in [0.5, 0.6) is 0 Å². The average molecular weight is 394 g/mol. The zero-order valence-corrected chi connectivity index (χ0v) is 15.7. The van der Waals surface area contributed by atoms with Crippen molar-refractivity contribution in [2.45, 2.75) is 6.42 Å². The fraction of sp³-hybridized carbons (Fsp3) is 0.0500. The summed E-state index contributed by atoms with van der Waals surface area (Å²) in [4.78, 5) is 25.5. The van der Waals surface area contributed by atoms with E-state index in [0.29, 0.717) is 10.7 Å². The standard InChI is InChI=1S/C20H14N2O3S2/c23-18(11-14-7-3-6-13-5-1-2-9-16(13)14)21-22-19(24)17(27-20(22)26)12-15-8-4-10-25-15/h1-10,12H,11H2,(H,21,23)/b17-12+. The Labute approximate surface area is 165 Å². The topological polar surface area (TPSA) is 62.6 Å². The van der Waals surface area contributed by atoms with E-state index in [1.165, 1.54) is 6.26 Å². The molecule has 0 unspecified atom stereocenters. The highest BCUT2D eigenvalue weighted by atomic mass is 32.2. The zero-order chi connectivity index (χ0) is 18.8. The number of carbonyl (C=O) groups excluding carboxylic acids is 2. The maximum absolute atomic E-state index is 12.5. The van der Waals surface area contributed by atoms with Gasteiger partial charge in [0.2, 0.25) is 5.91 Å². The Bertz CT molecular complexity index is 1070. The Hall–Kier alpha value is -2.90. The molecule has 4 rings (SSSR count). The summed E-state index contributed by atoms with van der Waals surface area (Å²) in [7, 11) is 0. The van der Waals surface area contributed by atoms with Crippen molar-refractivity contribution in [2.24, 2.45) is 0 Å². The van der Waals surface area contributed by atoms with E-state index in [2.05, 4.69) is 5.43 Å². The van der Waals surface area contributed by atoms with Crippen LogP contribution in [0.1, 0.15) is 11.3 Å². The number of thiocarbonyl (C=S) groups is 1. The second-order valence-corrected chi connectivity index (χ2v) is 7.56. The summed E-state index contributed by atoms with van der Waals surface area (Å²) in [5, 5.41) is 3.19. The van der Waals surface area contributed by atoms with Crippen LogP contribution in [0, 0.1) is 0 Å². The van der Waals surface area contributed by atoms with Crippen molar-refractivity contribution in [3.8, 4) is 0 Å². The van der Waals surface area contributed by atoms with Crippen molar-refractivity contribution in [1.82, 2.24) is 10.4 Å². The minimum atomic E-state index is -0.368. The van der Waals surface area contributed by atoms with Gasteiger partial charge in [0.15, 0.2) is 4.32 Å². The molecular formula is C20H14N2O3S2. The van der Waals surface area contributed by atoms with Crippen molar-refractivity contribution in [1.29, 1.82) is 0 Å². The van der Waals surface area contributed by atoms with E-state index in [4.69, 9.17) is 16.6 Å². The molecule has 5 nitrogen and oxygen atoms in total. The smallest absolute Gasteiger partial charge is 0.285 e. The number of furan rings is 1. The Morgan fingerprint density at radius 2 is 1.96 bits per heavy atom. The van der Waals surface area contributed by atoms with E-state index in [1.54, 1.807) is 18.2 Å². The molecule has 7 heteroatoms. The molecule has 1 aromatic heterocycles. The summed E-state index contributed by atoms with van der Waals surface area (Å²) < 4.78 is 5.51. The maximum Gasteiger partial charge on any atom is 0.285 e. The van der Waals surface area contributed by atoms with Crippen LogP contribution in [0.3, 0.4) is 0 Å². The van der Waals surface area contributed by atoms with E-state index >= 15 is 0 Å². The van der Waals surface area contributed by atoms with Crippen LogP contribution < -0.4 is 5.43 Å². The molecule has 2 heterocycles. The molecular weight excluding hydrogens is 380 g/mol. The first-order chi connectivity index (χ1) is 13.1. The van der Waals surface area contributed by atoms with Crippen molar-refractivity contribution in [3.63, 3.8) is 0 Å². The highest BCUT2D eigenvalue weighted by Crippen LogP contribution is 2.31. The molecule has 134 valence electrons. The molecule has 1 aliphatic heterocycles. The van der Waals surface area contributed by atoms with Gasteiger partial charge in [0.05, 0.1) is 17.6 Å². The molecule has 1 aliphatic rings. The first kappa shape index (κ1) is 17.5. The molecule has 2 aromatic carbocycles. The van der Waals surface area contributed by atoms with Gasteiger partial charge in [0, 0.05) is 6.08 Å². The largest absolute Gasteiger partial charge is 0.465 e. The van der Waals surface area contributed by atoms with Crippen LogP contribution in [0.4, 0.5) is 0 Å². The molecule has 1 fully saturated rings. The zero-order valence-electron chi connectivity index (χ0n) is 14.0. The molecule has 0 aliphatic carbocycles. The third-order valence-electron chi connectivity index (χ3n) is 4.08. The van der Waals surface area contributed by atoms with E-state index in [1.807, 2.05) is 42.5 Å². The van der Waals surface area contributed by atoms with Crippen molar-refractivity contribution < 1.29 is 14.0 Å². The summed E-state index contributed by atoms with van der Waals surface area (Å²) in [6, 6.07) is 17.2. The fourth-order valence-corrected chi connectivity index (χ4v) is 4.01. The number of nitrogens with zero attached hydrogens (tertiary/aromatic N) is 1. The van der Waals surface area contributed by atoms with Gasteiger partial charge in [-0.15, -0.1) is 0 Å². The first-order valence-electron chi connectivity index (χ1n) is 8.19. The monoisotopic (exact) mass is 394 g/mol. The van der Waals surface area contributed by atoms with Crippen LogP contribution in [0.2, 0.25) is 0 Å². The van der Waals surface area contributed by atoms with Crippen LogP contribution in [-0.4, -0.2) is 21.1 Å². The highest BCUT2D eigenvalue weighted by molar-refractivity contribution is 8.26. The normalized spacial score (nSPS) is 15.7. The lowest BCUT2D eigenvalue weighted by Crippen LogP contribution is -2.45. The number of fused-ring (bicyclic) bond motifs is 1. The van der Waals surface area contributed by atoms with E-state index in [9.17, 15) is 9.59 Å². The summed E-state index contributed by atoms with van der Waals surface area (Å²) in [6.07, 6.45) is 3.28. The van der Waals surface area contributed by atoms with Gasteiger partial charge < -0.3 is 4.42 Å². The second-order valence-electron chi connectivity index (χ2n) is 5.88. The van der Waals surface area contributed by atoms with Crippen molar-refractivity contribution in [3.05, 3.63) is 77.1 Å². The van der Waals surface area contributed by atoms with Crippen molar-refractivity contribution in [2.75, 3.05) is 0 Å². The molecule has 0 spiro atoms. The summed E-state index contributed by atoms with van der Waals surface area (Å²) in [5.74, 6) is -0.118. The van der Waals surface area contributed by atoms with Gasteiger partial charge in [-0.2, -0.15) is 5.01 Å². The van der Waals surface area contributed by atoms with Crippen molar-refractivity contribution >= 4 is 57.0 Å². The number of rotatable bonds is 4. The maximum atomic E-state index is 12.5. The number of hydrazine groups is 1. The lowest BCUT2D eigenvalue weighted by atomic mass is 10.0. The molecule has 3 aromatic rings. The van der Waals surface area contributed by atoms with Gasteiger partial charge in [0.25, 0.3) is 5.91 Å². The third-order valence-corrected chi connectivity index (χ3v) is 5.38. The number of hydrogen-bond acceptors (Lipinski definition) is 5. The minimum Gasteiger partial charge on any atom is -0.465 e. The number of amides is 2. The van der Waals surface area contributed by atoms with Crippen LogP contribution in [0.15, 0.2) is 70.2 Å². The second kappa shape index (κ2) is 7.38. The number of thioether (sulfide) groups is 1. The van der Waals surface area contributed by atoms with Gasteiger partial charge in [-0.05, 0) is 40.7 Å². The molecule has 27 heavy (non-hydrogen) atoms. The van der Waals surface area contributed by atoms with Gasteiger partial charge >= 0.3 is 0 Å². The number of carbonyl (C=O) groups is 2. The summed E-state index contributed by atoms with van der Waals surface area (Å²) >= 11 is 6.36. The minimum absolute atomic E-state index is 0.148. The Kier molecular flexibility index (Phi) is 4.79. The predicted octanol–water partition coefficient (Wildman–Crippen LogP) is 3.91. The molecule has 0 bridgehead atoms. The SMILES string of the molecule is O=C(Cc1cccc2ccccc12)NN1C(=O)/C(=C\c2ccco2)SC1=S. The first-order valence-corrected chi connectivity index (χ1v) is 9.42. The molecule has 0 atom stereocenters. The van der Waals surface area contributed by atoms with E-state index < -0.39 is 0 Å². The third kappa shape index (κ3) is 3.65. The lowest BCUT2D eigenvalue weighted by Gasteiger charge is -2.16. The summed E-state index contributed by atoms with van der Waals surface area (Å²) in [5.41, 5.74) is 3.50. The van der Waals surface area contributed by atoms with Gasteiger partial charge in [-0.1, -0.05) is 54.2 Å². The van der Waals surface area contributed by atoms with Crippen LogP contribution in [-0.2, 0) is 16.0 Å². The molecule has 2 amide bonds. The molecule has 0 radical (unpaired) electrons. The van der Waals surface area contributed by atoms with E-state index in [-0.39, 0.29) is 22.6 Å². The number of nitrogens with one attached hydrogen (secondary N) is 1. The van der Waals surface area contributed by atoms with Gasteiger partial charge in [0.1, 0.15) is 5.76 Å². The van der Waals surface area contributed by atoms with Gasteiger partial charge in [-0.3, -0.25) is 15.0 Å². The summed E-state index contributed by atoms with van der Waals surface area (Å²) in [6.45, 7) is 0. The molecule has 1 N–H and O–H groups in total. The number of hydrogen-bond donors (Lipinski definition) is 1. The Balaban J connectivity index is 1.49. The lowest BCUT2D eigenvalue weighted by molar-refractivity contribution is -0.132. The van der Waals surface area contributed by atoms with Gasteiger partial charge in [-0.25, -0.2) is 0 Å². The van der Waals surface area contributed by atoms with Crippen LogP contribution in [0.25, 0.3) is 16.8 Å². The molecule has 0 saturated carbocycles. The molecule has 1 saturated heterocycles. The quantitative estimate of drug-likeness (QED) is 0.537. The van der Waals surface area contributed by atoms with E-state index in [0.717, 1.165) is 33.1 Å². The predicted molar refractivity (Wildman–Crippen MR) is 110 cm³/mol. The Morgan fingerprint density at radius 3 is 2.78 bits per heavy atom. The Morgan fingerprint density at radius 1 is 1.15 bits per heavy atom. The highest BCUT2D eigenvalue weighted by Gasteiger charge is 2.33. The average Bonchev–Trinajstić information content (AvgIpc) is 3.26. The number of benzene rings is 2.